The Morgan fingerprint density at radius 3 is 1.90 bits per heavy atom. The fourth-order valence-corrected chi connectivity index (χ4v) is 6.04. The number of benzene rings is 3. The maximum absolute atomic E-state index is 13.7. The van der Waals surface area contributed by atoms with Gasteiger partial charge in [0.1, 0.15) is 0 Å². The molecule has 0 aliphatic heterocycles. The van der Waals surface area contributed by atoms with Gasteiger partial charge in [-0.3, -0.25) is 4.79 Å². The van der Waals surface area contributed by atoms with Gasteiger partial charge in [0, 0.05) is 22.0 Å². The highest BCUT2D eigenvalue weighted by atomic mass is 79.9. The van der Waals surface area contributed by atoms with Crippen molar-refractivity contribution in [2.45, 2.75) is 25.7 Å². The molecule has 6 rings (SSSR count). The summed E-state index contributed by atoms with van der Waals surface area (Å²) in [6.07, 6.45) is 0. The quantitative estimate of drug-likeness (QED) is 0.485. The van der Waals surface area contributed by atoms with E-state index >= 15 is 0 Å². The van der Waals surface area contributed by atoms with Gasteiger partial charge in [-0.15, -0.1) is 0 Å². The minimum Gasteiger partial charge on any atom is -0.326 e. The van der Waals surface area contributed by atoms with Crippen LogP contribution in [-0.4, -0.2) is 5.91 Å². The van der Waals surface area contributed by atoms with E-state index in [1.165, 1.54) is 22.3 Å². The molecular weight excluding hydrogens is 422 g/mol. The minimum absolute atomic E-state index is 0.0798. The van der Waals surface area contributed by atoms with Crippen LogP contribution in [0.4, 0.5) is 5.69 Å². The Balaban J connectivity index is 1.64. The third-order valence-corrected chi connectivity index (χ3v) is 7.15. The number of fused-ring (bicyclic) bond motifs is 1. The second-order valence-electron chi connectivity index (χ2n) is 8.56. The van der Waals surface area contributed by atoms with Crippen molar-refractivity contribution in [3.8, 4) is 0 Å². The molecule has 0 saturated heterocycles. The molecule has 1 amide bonds. The highest BCUT2D eigenvalue weighted by Gasteiger charge is 2.53. The predicted molar refractivity (Wildman–Crippen MR) is 121 cm³/mol. The standard InChI is InChI=1S/C26H24BrNO/c1-15(2)22-23-18-10-3-5-12-20(18)24(21-13-6-4-11-19(21)23)25(22)26(29)28-17-9-7-8-16(27)14-17/h3-15,22-25H,1-2H3,(H,28,29)/t22-,23?,24?,25-/m0/s1. The van der Waals surface area contributed by atoms with E-state index in [0.29, 0.717) is 5.92 Å². The molecule has 0 fully saturated rings. The normalized spacial score (nSPS) is 24.1. The number of hydrogen-bond donors (Lipinski definition) is 1. The lowest BCUT2D eigenvalue weighted by molar-refractivity contribution is -0.123. The van der Waals surface area contributed by atoms with Crippen LogP contribution in [-0.2, 0) is 4.79 Å². The SMILES string of the molecule is CC(C)[C@H]1C2c3ccccc3C(c3ccccc32)[C@H]1C(=O)Nc1cccc(Br)c1. The monoisotopic (exact) mass is 445 g/mol. The smallest absolute Gasteiger partial charge is 0.228 e. The summed E-state index contributed by atoms with van der Waals surface area (Å²) in [5.74, 6) is 1.10. The van der Waals surface area contributed by atoms with Crippen molar-refractivity contribution < 1.29 is 4.79 Å². The molecule has 0 spiro atoms. The lowest BCUT2D eigenvalue weighted by Gasteiger charge is -2.51. The van der Waals surface area contributed by atoms with E-state index in [9.17, 15) is 4.79 Å². The number of anilines is 1. The van der Waals surface area contributed by atoms with Crippen molar-refractivity contribution in [3.05, 3.63) is 99.5 Å². The van der Waals surface area contributed by atoms with Crippen molar-refractivity contribution in [3.63, 3.8) is 0 Å². The molecule has 146 valence electrons. The van der Waals surface area contributed by atoms with E-state index in [1.807, 2.05) is 24.3 Å². The van der Waals surface area contributed by atoms with Gasteiger partial charge in [-0.2, -0.15) is 0 Å². The second-order valence-corrected chi connectivity index (χ2v) is 9.48. The molecule has 2 nitrogen and oxygen atoms in total. The fourth-order valence-electron chi connectivity index (χ4n) is 5.64. The summed E-state index contributed by atoms with van der Waals surface area (Å²) in [5.41, 5.74) is 6.29. The van der Waals surface area contributed by atoms with Gasteiger partial charge >= 0.3 is 0 Å². The van der Waals surface area contributed by atoms with Gasteiger partial charge in [-0.05, 0) is 52.3 Å². The Labute approximate surface area is 180 Å². The summed E-state index contributed by atoms with van der Waals surface area (Å²) in [6, 6.07) is 25.3. The predicted octanol–water partition coefficient (Wildman–Crippen LogP) is 6.57. The molecule has 3 aromatic rings. The van der Waals surface area contributed by atoms with Gasteiger partial charge < -0.3 is 5.32 Å². The van der Waals surface area contributed by atoms with Crippen LogP contribution < -0.4 is 5.32 Å². The number of rotatable bonds is 3. The van der Waals surface area contributed by atoms with Crippen LogP contribution >= 0.6 is 15.9 Å². The largest absolute Gasteiger partial charge is 0.326 e. The Hall–Kier alpha value is -2.39. The molecule has 0 aromatic heterocycles. The van der Waals surface area contributed by atoms with Gasteiger partial charge in [-0.25, -0.2) is 0 Å². The summed E-state index contributed by atoms with van der Waals surface area (Å²) in [7, 11) is 0. The van der Waals surface area contributed by atoms with Gasteiger partial charge in [0.05, 0.1) is 5.92 Å². The molecule has 0 saturated carbocycles. The Morgan fingerprint density at radius 2 is 1.38 bits per heavy atom. The van der Waals surface area contributed by atoms with Gasteiger partial charge in [0.25, 0.3) is 0 Å². The maximum atomic E-state index is 13.7. The molecule has 3 heteroatoms. The zero-order chi connectivity index (χ0) is 20.1. The van der Waals surface area contributed by atoms with Crippen LogP contribution in [0.2, 0.25) is 0 Å². The van der Waals surface area contributed by atoms with Crippen LogP contribution in [0.25, 0.3) is 0 Å². The number of nitrogens with one attached hydrogen (secondary N) is 1. The lowest BCUT2D eigenvalue weighted by Crippen LogP contribution is -2.47. The molecule has 3 aliphatic rings. The van der Waals surface area contributed by atoms with E-state index in [4.69, 9.17) is 0 Å². The first-order valence-electron chi connectivity index (χ1n) is 10.3. The summed E-state index contributed by atoms with van der Waals surface area (Å²) < 4.78 is 0.969. The number of carbonyl (C=O) groups is 1. The second kappa shape index (κ2) is 7.14. The van der Waals surface area contributed by atoms with Crippen molar-refractivity contribution in [1.29, 1.82) is 0 Å². The number of hydrogen-bond acceptors (Lipinski definition) is 1. The molecular formula is C26H24BrNO. The highest BCUT2D eigenvalue weighted by molar-refractivity contribution is 9.10. The van der Waals surface area contributed by atoms with E-state index < -0.39 is 0 Å². The average Bonchev–Trinajstić information content (AvgIpc) is 2.73. The third-order valence-electron chi connectivity index (χ3n) is 6.66. The molecule has 0 radical (unpaired) electrons. The molecule has 2 bridgehead atoms. The average molecular weight is 446 g/mol. The third kappa shape index (κ3) is 2.95. The summed E-state index contributed by atoms with van der Waals surface area (Å²) >= 11 is 3.51. The number of halogens is 1. The summed E-state index contributed by atoms with van der Waals surface area (Å²) in [5, 5.41) is 3.21. The van der Waals surface area contributed by atoms with Crippen LogP contribution in [0.15, 0.2) is 77.3 Å². The number of carbonyl (C=O) groups excluding carboxylic acids is 1. The first kappa shape index (κ1) is 18.6. The van der Waals surface area contributed by atoms with Crippen LogP contribution in [0, 0.1) is 17.8 Å². The van der Waals surface area contributed by atoms with Crippen molar-refractivity contribution in [1.82, 2.24) is 0 Å². The van der Waals surface area contributed by atoms with Gasteiger partial charge in [-0.1, -0.05) is 84.4 Å². The Morgan fingerprint density at radius 1 is 0.828 bits per heavy atom. The number of amides is 1. The topological polar surface area (TPSA) is 29.1 Å². The molecule has 1 N–H and O–H groups in total. The van der Waals surface area contributed by atoms with Crippen LogP contribution in [0.5, 0.6) is 0 Å². The van der Waals surface area contributed by atoms with E-state index in [0.717, 1.165) is 10.2 Å². The summed E-state index contributed by atoms with van der Waals surface area (Å²) in [6.45, 7) is 4.52. The fraction of sp³-hybridized carbons (Fsp3) is 0.269. The van der Waals surface area contributed by atoms with E-state index in [-0.39, 0.29) is 29.6 Å². The highest BCUT2D eigenvalue weighted by Crippen LogP contribution is 2.60. The minimum atomic E-state index is -0.0798. The van der Waals surface area contributed by atoms with E-state index in [2.05, 4.69) is 83.6 Å². The van der Waals surface area contributed by atoms with Gasteiger partial charge in [0.2, 0.25) is 5.91 Å². The van der Waals surface area contributed by atoms with Crippen LogP contribution in [0.1, 0.15) is 47.9 Å². The van der Waals surface area contributed by atoms with Crippen LogP contribution in [0.3, 0.4) is 0 Å². The molecule has 2 atom stereocenters. The lowest BCUT2D eigenvalue weighted by atomic mass is 9.52. The summed E-state index contributed by atoms with van der Waals surface area (Å²) in [4.78, 5) is 13.7. The molecule has 3 aliphatic carbocycles. The first-order chi connectivity index (χ1) is 14.1. The first-order valence-corrected chi connectivity index (χ1v) is 11.1. The molecule has 0 unspecified atom stereocenters. The zero-order valence-electron chi connectivity index (χ0n) is 16.6. The van der Waals surface area contributed by atoms with Gasteiger partial charge in [0.15, 0.2) is 0 Å². The molecule has 0 heterocycles. The molecule has 29 heavy (non-hydrogen) atoms. The molecule has 3 aromatic carbocycles. The van der Waals surface area contributed by atoms with E-state index in [1.54, 1.807) is 0 Å². The van der Waals surface area contributed by atoms with Crippen molar-refractivity contribution >= 4 is 27.5 Å². The maximum Gasteiger partial charge on any atom is 0.228 e. The Bertz CT molecular complexity index is 1040. The van der Waals surface area contributed by atoms with Crippen molar-refractivity contribution in [2.75, 3.05) is 5.32 Å². The Kier molecular flexibility index (Phi) is 4.59. The van der Waals surface area contributed by atoms with Crippen molar-refractivity contribution in [2.24, 2.45) is 17.8 Å². The zero-order valence-corrected chi connectivity index (χ0v) is 18.2.